The molecule has 1 aromatic carbocycles. The maximum atomic E-state index is 13.1. The smallest absolute Gasteiger partial charge is 0.333 e. The molecule has 12 heteroatoms. The van der Waals surface area contributed by atoms with Gasteiger partial charge in [-0.3, -0.25) is 24.0 Å². The lowest BCUT2D eigenvalue weighted by atomic mass is 10.2. The van der Waals surface area contributed by atoms with Crippen LogP contribution in [0.4, 0.5) is 4.39 Å². The van der Waals surface area contributed by atoms with Crippen molar-refractivity contribution < 1.29 is 23.8 Å². The summed E-state index contributed by atoms with van der Waals surface area (Å²) in [6.45, 7) is 1.99. The number of carbonyl (C=O) groups excluding carboxylic acids is 1. The number of ether oxygens (including phenoxy) is 2. The number of nitrogens with one attached hydrogen (secondary N) is 2. The summed E-state index contributed by atoms with van der Waals surface area (Å²) in [7, 11) is 1.61. The molecule has 0 radical (unpaired) electrons. The van der Waals surface area contributed by atoms with E-state index in [1.807, 2.05) is 0 Å². The van der Waals surface area contributed by atoms with E-state index in [0.717, 1.165) is 16.7 Å². The van der Waals surface area contributed by atoms with Crippen LogP contribution in [0.1, 0.15) is 35.0 Å². The number of aliphatic hydroxyl groups is 1. The summed E-state index contributed by atoms with van der Waals surface area (Å²) in [4.78, 5) is 37.5. The number of amides is 1. The van der Waals surface area contributed by atoms with Crippen molar-refractivity contribution in [2.45, 2.75) is 44.9 Å². The normalized spacial score (nSPS) is 18.7. The Morgan fingerprint density at radius 2 is 2.12 bits per heavy atom. The summed E-state index contributed by atoms with van der Waals surface area (Å²) in [5, 5.41) is 15.2. The van der Waals surface area contributed by atoms with E-state index in [9.17, 15) is 23.9 Å². The molecule has 0 bridgehead atoms. The van der Waals surface area contributed by atoms with Gasteiger partial charge in [0, 0.05) is 18.3 Å². The van der Waals surface area contributed by atoms with Crippen molar-refractivity contribution in [3.8, 4) is 0 Å². The predicted octanol–water partition coefficient (Wildman–Crippen LogP) is 0.773. The molecule has 1 fully saturated rings. The molecule has 1 amide bonds. The first kappa shape index (κ1) is 26.0. The van der Waals surface area contributed by atoms with E-state index in [-0.39, 0.29) is 36.9 Å². The Balaban J connectivity index is 1.53. The highest BCUT2D eigenvalue weighted by atomic mass is 35.5. The van der Waals surface area contributed by atoms with Crippen LogP contribution in [0.3, 0.4) is 0 Å². The van der Waals surface area contributed by atoms with E-state index >= 15 is 0 Å². The van der Waals surface area contributed by atoms with Crippen LogP contribution in [0.25, 0.3) is 0 Å². The Kier molecular flexibility index (Phi) is 8.97. The number of nitrogens with zero attached hydrogens (tertiary/aromatic N) is 2. The van der Waals surface area contributed by atoms with E-state index in [1.54, 1.807) is 14.0 Å². The molecule has 0 saturated carbocycles. The first-order valence-corrected chi connectivity index (χ1v) is 11.2. The molecule has 34 heavy (non-hydrogen) atoms. The number of aliphatic hydroxyl groups excluding tert-OH is 1. The minimum absolute atomic E-state index is 0.00606. The molecule has 0 spiro atoms. The van der Waals surface area contributed by atoms with E-state index in [0.29, 0.717) is 18.4 Å². The molecule has 3 atom stereocenters. The lowest BCUT2D eigenvalue weighted by molar-refractivity contribution is -0.0694. The molecular weight excluding hydrogens is 471 g/mol. The van der Waals surface area contributed by atoms with Gasteiger partial charge < -0.3 is 19.9 Å². The quantitative estimate of drug-likeness (QED) is 0.326. The Bertz CT molecular complexity index is 1140. The van der Waals surface area contributed by atoms with Crippen LogP contribution in [0.2, 0.25) is 5.02 Å². The standard InChI is InChI=1S/C22H28ClFN4O6/c1-13-12-28(18-6-5-17(34-18)20(30)25-2)22(32)27(21(13)31)8-10-33-9-7-26-19(29)15-4-3-14(24)11-16(15)23/h3-4,11-12,17-18,20,25,30H,5-10H2,1-2H3,(H,26,29)/t17-,18+,20-/m0/s1. The van der Waals surface area contributed by atoms with Gasteiger partial charge in [0.05, 0.1) is 36.4 Å². The van der Waals surface area contributed by atoms with Crippen molar-refractivity contribution >= 4 is 17.5 Å². The number of aromatic nitrogens is 2. The van der Waals surface area contributed by atoms with Crippen LogP contribution in [0, 0.1) is 12.7 Å². The molecule has 2 heterocycles. The number of rotatable bonds is 10. The van der Waals surface area contributed by atoms with Crippen molar-refractivity contribution in [3.63, 3.8) is 0 Å². The molecular formula is C22H28ClFN4O6. The third kappa shape index (κ3) is 6.10. The lowest BCUT2D eigenvalue weighted by Crippen LogP contribution is -2.43. The molecule has 0 unspecified atom stereocenters. The van der Waals surface area contributed by atoms with Crippen LogP contribution in [0.5, 0.6) is 0 Å². The Hall–Kier alpha value is -2.57. The van der Waals surface area contributed by atoms with Crippen LogP contribution >= 0.6 is 11.6 Å². The number of hydrogen-bond acceptors (Lipinski definition) is 7. The topological polar surface area (TPSA) is 124 Å². The number of hydrogen-bond donors (Lipinski definition) is 3. The average molecular weight is 499 g/mol. The second kappa shape index (κ2) is 11.7. The molecule has 3 N–H and O–H groups in total. The Morgan fingerprint density at radius 3 is 2.82 bits per heavy atom. The average Bonchev–Trinajstić information content (AvgIpc) is 3.29. The number of carbonyl (C=O) groups is 1. The predicted molar refractivity (Wildman–Crippen MR) is 122 cm³/mol. The summed E-state index contributed by atoms with van der Waals surface area (Å²) in [6.07, 6.45) is 0.675. The van der Waals surface area contributed by atoms with Crippen molar-refractivity contribution in [2.24, 2.45) is 0 Å². The van der Waals surface area contributed by atoms with Gasteiger partial charge in [0.15, 0.2) is 0 Å². The van der Waals surface area contributed by atoms with Crippen LogP contribution in [-0.4, -0.2) is 59.3 Å². The third-order valence-corrected chi connectivity index (χ3v) is 5.83. The first-order valence-electron chi connectivity index (χ1n) is 10.9. The van der Waals surface area contributed by atoms with Gasteiger partial charge in [-0.1, -0.05) is 11.6 Å². The fourth-order valence-corrected chi connectivity index (χ4v) is 3.95. The molecule has 1 aliphatic heterocycles. The second-order valence-electron chi connectivity index (χ2n) is 7.89. The fraction of sp³-hybridized carbons (Fsp3) is 0.500. The minimum Gasteiger partial charge on any atom is -0.378 e. The second-order valence-corrected chi connectivity index (χ2v) is 8.30. The van der Waals surface area contributed by atoms with Gasteiger partial charge in [-0.2, -0.15) is 0 Å². The summed E-state index contributed by atoms with van der Waals surface area (Å²) in [6, 6.07) is 3.49. The monoisotopic (exact) mass is 498 g/mol. The van der Waals surface area contributed by atoms with Gasteiger partial charge in [0.25, 0.3) is 11.5 Å². The van der Waals surface area contributed by atoms with Crippen LogP contribution < -0.4 is 21.9 Å². The van der Waals surface area contributed by atoms with E-state index in [2.05, 4.69) is 10.6 Å². The molecule has 3 rings (SSSR count). The van der Waals surface area contributed by atoms with Crippen LogP contribution in [-0.2, 0) is 16.0 Å². The zero-order chi connectivity index (χ0) is 24.8. The zero-order valence-electron chi connectivity index (χ0n) is 18.9. The van der Waals surface area contributed by atoms with Crippen molar-refractivity contribution in [1.29, 1.82) is 0 Å². The Morgan fingerprint density at radius 1 is 1.35 bits per heavy atom. The maximum Gasteiger partial charge on any atom is 0.333 e. The highest BCUT2D eigenvalue weighted by Gasteiger charge is 2.32. The van der Waals surface area contributed by atoms with Crippen molar-refractivity contribution in [2.75, 3.05) is 26.8 Å². The van der Waals surface area contributed by atoms with Gasteiger partial charge in [0.1, 0.15) is 18.3 Å². The molecule has 1 saturated heterocycles. The van der Waals surface area contributed by atoms with Gasteiger partial charge >= 0.3 is 5.69 Å². The highest BCUT2D eigenvalue weighted by Crippen LogP contribution is 2.28. The summed E-state index contributed by atoms with van der Waals surface area (Å²) in [5.41, 5.74) is -0.422. The summed E-state index contributed by atoms with van der Waals surface area (Å²) in [5.74, 6) is -1.00. The number of benzene rings is 1. The minimum atomic E-state index is -0.847. The fourth-order valence-electron chi connectivity index (χ4n) is 3.69. The molecule has 1 aromatic heterocycles. The van der Waals surface area contributed by atoms with Crippen LogP contribution in [0.15, 0.2) is 34.0 Å². The summed E-state index contributed by atoms with van der Waals surface area (Å²) < 4.78 is 26.8. The van der Waals surface area contributed by atoms with Gasteiger partial charge in [-0.15, -0.1) is 0 Å². The molecule has 186 valence electrons. The molecule has 1 aliphatic rings. The number of aryl methyl sites for hydroxylation is 1. The van der Waals surface area contributed by atoms with Gasteiger partial charge in [-0.05, 0) is 45.0 Å². The molecule has 10 nitrogen and oxygen atoms in total. The highest BCUT2D eigenvalue weighted by molar-refractivity contribution is 6.33. The number of likely N-dealkylation sites (N-methyl/N-ethyl adjacent to an activating group) is 1. The lowest BCUT2D eigenvalue weighted by Gasteiger charge is -2.20. The van der Waals surface area contributed by atoms with Crippen molar-refractivity contribution in [1.82, 2.24) is 19.8 Å². The summed E-state index contributed by atoms with van der Waals surface area (Å²) >= 11 is 5.87. The zero-order valence-corrected chi connectivity index (χ0v) is 19.7. The molecule has 0 aliphatic carbocycles. The number of halogens is 2. The van der Waals surface area contributed by atoms with Gasteiger partial charge in [0.2, 0.25) is 0 Å². The SMILES string of the molecule is CN[C@@H](O)[C@@H]1CC[C@H](n2cc(C)c(=O)n(CCOCCNC(=O)c3ccc(F)cc3Cl)c2=O)O1. The maximum absolute atomic E-state index is 13.1. The molecule has 2 aromatic rings. The third-order valence-electron chi connectivity index (χ3n) is 5.52. The van der Waals surface area contributed by atoms with E-state index in [4.69, 9.17) is 21.1 Å². The Labute approximate surface area is 200 Å². The first-order chi connectivity index (χ1) is 16.2. The van der Waals surface area contributed by atoms with E-state index in [1.165, 1.54) is 16.8 Å². The van der Waals surface area contributed by atoms with Gasteiger partial charge in [-0.25, -0.2) is 9.18 Å². The van der Waals surface area contributed by atoms with Crippen molar-refractivity contribution in [3.05, 3.63) is 67.2 Å². The van der Waals surface area contributed by atoms with E-state index < -0.39 is 41.5 Å². The largest absolute Gasteiger partial charge is 0.378 e.